The molecule has 0 unspecified atom stereocenters. The predicted octanol–water partition coefficient (Wildman–Crippen LogP) is 1.00. The summed E-state index contributed by atoms with van der Waals surface area (Å²) in [4.78, 5) is 10.8. The SMILES string of the molecule is CCN1CCOc2ncc(C)nc21. The van der Waals surface area contributed by atoms with Crippen LogP contribution in [0.2, 0.25) is 0 Å². The summed E-state index contributed by atoms with van der Waals surface area (Å²) in [7, 11) is 0. The maximum Gasteiger partial charge on any atom is 0.257 e. The van der Waals surface area contributed by atoms with Gasteiger partial charge < -0.3 is 9.64 Å². The molecular formula is C9H13N3O. The molecule has 0 spiro atoms. The Bertz CT molecular complexity index is 314. The lowest BCUT2D eigenvalue weighted by Gasteiger charge is -2.27. The molecule has 0 saturated heterocycles. The topological polar surface area (TPSA) is 38.2 Å². The van der Waals surface area contributed by atoms with Crippen molar-refractivity contribution in [2.75, 3.05) is 24.6 Å². The minimum Gasteiger partial charge on any atom is -0.473 e. The standard InChI is InChI=1S/C9H13N3O/c1-3-12-4-5-13-9-8(12)11-7(2)6-10-9/h6H,3-5H2,1-2H3. The highest BCUT2D eigenvalue weighted by atomic mass is 16.5. The smallest absolute Gasteiger partial charge is 0.257 e. The molecule has 70 valence electrons. The molecule has 0 bridgehead atoms. The Hall–Kier alpha value is -1.32. The van der Waals surface area contributed by atoms with Crippen molar-refractivity contribution < 1.29 is 4.74 Å². The molecule has 0 amide bonds. The molecule has 0 atom stereocenters. The molecule has 0 fully saturated rings. The van der Waals surface area contributed by atoms with Crippen molar-refractivity contribution in [3.8, 4) is 5.88 Å². The van der Waals surface area contributed by atoms with Gasteiger partial charge in [-0.05, 0) is 13.8 Å². The molecule has 13 heavy (non-hydrogen) atoms. The van der Waals surface area contributed by atoms with E-state index in [0.717, 1.165) is 24.6 Å². The van der Waals surface area contributed by atoms with Gasteiger partial charge >= 0.3 is 0 Å². The van der Waals surface area contributed by atoms with E-state index in [0.29, 0.717) is 12.5 Å². The van der Waals surface area contributed by atoms with Crippen LogP contribution < -0.4 is 9.64 Å². The Kier molecular flexibility index (Phi) is 2.04. The molecule has 1 aliphatic rings. The zero-order chi connectivity index (χ0) is 9.26. The van der Waals surface area contributed by atoms with E-state index >= 15 is 0 Å². The number of aryl methyl sites for hydroxylation is 1. The van der Waals surface area contributed by atoms with Crippen LogP contribution in [0.4, 0.5) is 5.82 Å². The first-order valence-electron chi connectivity index (χ1n) is 4.52. The third-order valence-corrected chi connectivity index (χ3v) is 2.12. The minimum atomic E-state index is 0.665. The number of hydrogen-bond acceptors (Lipinski definition) is 4. The van der Waals surface area contributed by atoms with E-state index in [9.17, 15) is 0 Å². The Labute approximate surface area is 77.6 Å². The van der Waals surface area contributed by atoms with Gasteiger partial charge in [-0.1, -0.05) is 0 Å². The second-order valence-electron chi connectivity index (χ2n) is 3.07. The molecule has 1 aliphatic heterocycles. The summed E-state index contributed by atoms with van der Waals surface area (Å²) in [5, 5.41) is 0. The highest BCUT2D eigenvalue weighted by Crippen LogP contribution is 2.26. The molecule has 2 rings (SSSR count). The molecule has 0 N–H and O–H groups in total. The lowest BCUT2D eigenvalue weighted by atomic mass is 10.4. The van der Waals surface area contributed by atoms with Gasteiger partial charge in [0.15, 0.2) is 5.82 Å². The van der Waals surface area contributed by atoms with Crippen LogP contribution in [-0.2, 0) is 0 Å². The van der Waals surface area contributed by atoms with E-state index in [1.807, 2.05) is 6.92 Å². The lowest BCUT2D eigenvalue weighted by molar-refractivity contribution is 0.293. The number of rotatable bonds is 1. The third-order valence-electron chi connectivity index (χ3n) is 2.12. The Morgan fingerprint density at radius 2 is 2.46 bits per heavy atom. The van der Waals surface area contributed by atoms with Crippen molar-refractivity contribution in [2.45, 2.75) is 13.8 Å². The van der Waals surface area contributed by atoms with Crippen LogP contribution in [0.3, 0.4) is 0 Å². The summed E-state index contributed by atoms with van der Waals surface area (Å²) in [5.41, 5.74) is 0.933. The first-order valence-corrected chi connectivity index (χ1v) is 4.52. The van der Waals surface area contributed by atoms with E-state index in [-0.39, 0.29) is 0 Å². The summed E-state index contributed by atoms with van der Waals surface area (Å²) >= 11 is 0. The van der Waals surface area contributed by atoms with Gasteiger partial charge in [-0.2, -0.15) is 0 Å². The van der Waals surface area contributed by atoms with Gasteiger partial charge in [0.2, 0.25) is 0 Å². The lowest BCUT2D eigenvalue weighted by Crippen LogP contribution is -2.33. The molecule has 0 aromatic carbocycles. The van der Waals surface area contributed by atoms with Gasteiger partial charge in [-0.15, -0.1) is 0 Å². The van der Waals surface area contributed by atoms with Crippen LogP contribution in [0.5, 0.6) is 5.88 Å². The number of hydrogen-bond donors (Lipinski definition) is 0. The number of aromatic nitrogens is 2. The highest BCUT2D eigenvalue weighted by molar-refractivity contribution is 5.49. The summed E-state index contributed by atoms with van der Waals surface area (Å²) in [5.74, 6) is 1.55. The summed E-state index contributed by atoms with van der Waals surface area (Å²) < 4.78 is 5.40. The largest absolute Gasteiger partial charge is 0.473 e. The zero-order valence-corrected chi connectivity index (χ0v) is 7.95. The number of anilines is 1. The normalized spacial score (nSPS) is 15.1. The second kappa shape index (κ2) is 3.20. The van der Waals surface area contributed by atoms with Crippen molar-refractivity contribution in [3.05, 3.63) is 11.9 Å². The quantitative estimate of drug-likeness (QED) is 0.644. The van der Waals surface area contributed by atoms with Crippen molar-refractivity contribution in [1.29, 1.82) is 0 Å². The number of ether oxygens (including phenoxy) is 1. The van der Waals surface area contributed by atoms with Gasteiger partial charge in [0, 0.05) is 6.54 Å². The van der Waals surface area contributed by atoms with Crippen molar-refractivity contribution >= 4 is 5.82 Å². The maximum atomic E-state index is 5.40. The van der Waals surface area contributed by atoms with Crippen molar-refractivity contribution in [1.82, 2.24) is 9.97 Å². The monoisotopic (exact) mass is 179 g/mol. The minimum absolute atomic E-state index is 0.665. The maximum absolute atomic E-state index is 5.40. The molecule has 4 heteroatoms. The number of fused-ring (bicyclic) bond motifs is 1. The summed E-state index contributed by atoms with van der Waals surface area (Å²) in [6.07, 6.45) is 1.73. The van der Waals surface area contributed by atoms with Crippen molar-refractivity contribution in [2.24, 2.45) is 0 Å². The van der Waals surface area contributed by atoms with E-state index in [4.69, 9.17) is 4.74 Å². The zero-order valence-electron chi connectivity index (χ0n) is 7.95. The second-order valence-corrected chi connectivity index (χ2v) is 3.07. The van der Waals surface area contributed by atoms with Gasteiger partial charge in [0.1, 0.15) is 6.61 Å². The van der Waals surface area contributed by atoms with E-state index in [1.165, 1.54) is 0 Å². The van der Waals surface area contributed by atoms with E-state index in [2.05, 4.69) is 21.8 Å². The molecule has 0 radical (unpaired) electrons. The van der Waals surface area contributed by atoms with Gasteiger partial charge in [-0.3, -0.25) is 0 Å². The third kappa shape index (κ3) is 1.43. The fourth-order valence-electron chi connectivity index (χ4n) is 1.43. The molecule has 0 aliphatic carbocycles. The van der Waals surface area contributed by atoms with Crippen molar-refractivity contribution in [3.63, 3.8) is 0 Å². The van der Waals surface area contributed by atoms with Crippen LogP contribution in [0.25, 0.3) is 0 Å². The first kappa shape index (κ1) is 8.29. The fourth-order valence-corrected chi connectivity index (χ4v) is 1.43. The van der Waals surface area contributed by atoms with Crippen LogP contribution in [0.1, 0.15) is 12.6 Å². The van der Waals surface area contributed by atoms with Crippen LogP contribution in [-0.4, -0.2) is 29.7 Å². The average molecular weight is 179 g/mol. The van der Waals surface area contributed by atoms with Gasteiger partial charge in [0.05, 0.1) is 18.4 Å². The Balaban J connectivity index is 2.41. The van der Waals surface area contributed by atoms with Gasteiger partial charge in [0.25, 0.3) is 5.88 Å². The van der Waals surface area contributed by atoms with E-state index < -0.39 is 0 Å². The van der Waals surface area contributed by atoms with Crippen LogP contribution >= 0.6 is 0 Å². The average Bonchev–Trinajstić information content (AvgIpc) is 2.17. The van der Waals surface area contributed by atoms with Crippen LogP contribution in [0, 0.1) is 6.92 Å². The molecule has 1 aromatic rings. The Morgan fingerprint density at radius 1 is 1.62 bits per heavy atom. The Morgan fingerprint density at radius 3 is 3.23 bits per heavy atom. The van der Waals surface area contributed by atoms with Gasteiger partial charge in [-0.25, -0.2) is 9.97 Å². The molecule has 4 nitrogen and oxygen atoms in total. The molecular weight excluding hydrogens is 166 g/mol. The number of nitrogens with zero attached hydrogens (tertiary/aromatic N) is 3. The van der Waals surface area contributed by atoms with Crippen LogP contribution in [0.15, 0.2) is 6.20 Å². The first-order chi connectivity index (χ1) is 6.31. The summed E-state index contributed by atoms with van der Waals surface area (Å²) in [6.45, 7) is 6.61. The predicted molar refractivity (Wildman–Crippen MR) is 50.2 cm³/mol. The highest BCUT2D eigenvalue weighted by Gasteiger charge is 2.19. The number of likely N-dealkylation sites (N-methyl/N-ethyl adjacent to an activating group) is 1. The summed E-state index contributed by atoms with van der Waals surface area (Å²) in [6, 6.07) is 0. The molecule has 0 saturated carbocycles. The van der Waals surface area contributed by atoms with E-state index in [1.54, 1.807) is 6.20 Å². The fraction of sp³-hybridized carbons (Fsp3) is 0.556. The molecule has 2 heterocycles. The molecule has 1 aromatic heterocycles.